The van der Waals surface area contributed by atoms with Crippen LogP contribution in [0.4, 0.5) is 5.82 Å². The molecule has 0 aliphatic carbocycles. The van der Waals surface area contributed by atoms with Gasteiger partial charge in [0.25, 0.3) is 5.56 Å². The summed E-state index contributed by atoms with van der Waals surface area (Å²) in [6.45, 7) is 0.270. The molecular weight excluding hydrogens is 222 g/mol. The maximum absolute atomic E-state index is 11.4. The van der Waals surface area contributed by atoms with Crippen LogP contribution in [-0.4, -0.2) is 26.6 Å². The van der Waals surface area contributed by atoms with Crippen molar-refractivity contribution >= 4 is 5.82 Å². The van der Waals surface area contributed by atoms with E-state index in [9.17, 15) is 9.59 Å². The van der Waals surface area contributed by atoms with Crippen LogP contribution in [-0.2, 0) is 6.54 Å². The number of hydrogen-bond donors (Lipinski definition) is 2. The van der Waals surface area contributed by atoms with Crippen LogP contribution in [0, 0.1) is 0 Å². The highest BCUT2D eigenvalue weighted by atomic mass is 16.2. The molecule has 0 saturated heterocycles. The Labute approximate surface area is 96.2 Å². The number of anilines is 1. The number of aromatic nitrogens is 4. The molecule has 0 saturated carbocycles. The van der Waals surface area contributed by atoms with Crippen molar-refractivity contribution in [3.63, 3.8) is 0 Å². The average molecular weight is 233 g/mol. The molecule has 0 aromatic carbocycles. The Morgan fingerprint density at radius 3 is 2.76 bits per heavy atom. The number of hydrogen-bond acceptors (Lipinski definition) is 5. The topological polar surface area (TPSA) is 92.7 Å². The smallest absolute Gasteiger partial charge is 0.328 e. The van der Waals surface area contributed by atoms with Gasteiger partial charge in [0.05, 0.1) is 24.6 Å². The van der Waals surface area contributed by atoms with Crippen LogP contribution in [0.2, 0.25) is 0 Å². The number of rotatable bonds is 3. The van der Waals surface area contributed by atoms with E-state index in [1.807, 2.05) is 0 Å². The lowest BCUT2D eigenvalue weighted by atomic mass is 10.4. The summed E-state index contributed by atoms with van der Waals surface area (Å²) in [5.74, 6) is 0.655. The zero-order valence-corrected chi connectivity index (χ0v) is 9.17. The lowest BCUT2D eigenvalue weighted by molar-refractivity contribution is 0.702. The summed E-state index contributed by atoms with van der Waals surface area (Å²) in [5.41, 5.74) is -0.238. The fourth-order valence-electron chi connectivity index (χ4n) is 1.31. The molecule has 0 aliphatic heterocycles. The second kappa shape index (κ2) is 4.60. The SMILES string of the molecule is CNc1cnc(Cn2ccc(=O)[nH]c2=O)cn1. The molecule has 2 rings (SSSR count). The van der Waals surface area contributed by atoms with Gasteiger partial charge in [-0.1, -0.05) is 0 Å². The number of nitrogens with one attached hydrogen (secondary N) is 2. The Morgan fingerprint density at radius 2 is 2.18 bits per heavy atom. The van der Waals surface area contributed by atoms with Crippen molar-refractivity contribution < 1.29 is 0 Å². The molecule has 0 fully saturated rings. The normalized spacial score (nSPS) is 10.2. The summed E-state index contributed by atoms with van der Waals surface area (Å²) < 4.78 is 1.35. The minimum atomic E-state index is -0.461. The predicted octanol–water partition coefficient (Wildman–Crippen LogP) is -0.583. The maximum atomic E-state index is 11.4. The van der Waals surface area contributed by atoms with E-state index in [4.69, 9.17) is 0 Å². The average Bonchev–Trinajstić information content (AvgIpc) is 2.34. The van der Waals surface area contributed by atoms with Gasteiger partial charge in [0.15, 0.2) is 0 Å². The van der Waals surface area contributed by atoms with E-state index in [0.29, 0.717) is 11.5 Å². The number of H-pyrrole nitrogens is 1. The van der Waals surface area contributed by atoms with E-state index in [1.54, 1.807) is 19.4 Å². The van der Waals surface area contributed by atoms with Crippen LogP contribution in [0.1, 0.15) is 5.69 Å². The molecule has 0 radical (unpaired) electrons. The Bertz CT molecular complexity index is 614. The van der Waals surface area contributed by atoms with Crippen molar-refractivity contribution in [3.05, 3.63) is 51.2 Å². The molecule has 2 N–H and O–H groups in total. The summed E-state index contributed by atoms with van der Waals surface area (Å²) in [6, 6.07) is 1.29. The van der Waals surface area contributed by atoms with Gasteiger partial charge in [-0.15, -0.1) is 0 Å². The third-order valence-electron chi connectivity index (χ3n) is 2.19. The second-order valence-electron chi connectivity index (χ2n) is 3.38. The van der Waals surface area contributed by atoms with Gasteiger partial charge >= 0.3 is 5.69 Å². The van der Waals surface area contributed by atoms with Crippen molar-refractivity contribution in [2.45, 2.75) is 6.54 Å². The molecule has 2 heterocycles. The van der Waals surface area contributed by atoms with Gasteiger partial charge < -0.3 is 5.32 Å². The third-order valence-corrected chi connectivity index (χ3v) is 2.19. The van der Waals surface area contributed by atoms with Gasteiger partial charge in [-0.05, 0) is 0 Å². The Hall–Kier alpha value is -2.44. The summed E-state index contributed by atoms with van der Waals surface area (Å²) in [7, 11) is 1.75. The molecule has 0 aliphatic rings. The molecule has 7 heteroatoms. The van der Waals surface area contributed by atoms with Crippen molar-refractivity contribution in [2.24, 2.45) is 0 Å². The Balaban J connectivity index is 2.25. The monoisotopic (exact) mass is 233 g/mol. The first-order chi connectivity index (χ1) is 8.19. The first-order valence-corrected chi connectivity index (χ1v) is 4.97. The summed E-state index contributed by atoms with van der Waals surface area (Å²) >= 11 is 0. The van der Waals surface area contributed by atoms with E-state index < -0.39 is 11.2 Å². The van der Waals surface area contributed by atoms with Crippen LogP contribution < -0.4 is 16.6 Å². The largest absolute Gasteiger partial charge is 0.372 e. The van der Waals surface area contributed by atoms with E-state index in [1.165, 1.54) is 16.8 Å². The van der Waals surface area contributed by atoms with Crippen LogP contribution in [0.5, 0.6) is 0 Å². The molecule has 2 aromatic heterocycles. The second-order valence-corrected chi connectivity index (χ2v) is 3.38. The molecule has 0 amide bonds. The minimum Gasteiger partial charge on any atom is -0.372 e. The van der Waals surface area contributed by atoms with Gasteiger partial charge in [0, 0.05) is 19.3 Å². The molecular formula is C10H11N5O2. The Morgan fingerprint density at radius 1 is 1.35 bits per heavy atom. The van der Waals surface area contributed by atoms with Crippen LogP contribution in [0.3, 0.4) is 0 Å². The number of nitrogens with zero attached hydrogens (tertiary/aromatic N) is 3. The summed E-state index contributed by atoms with van der Waals surface area (Å²) in [4.78, 5) is 32.7. The summed E-state index contributed by atoms with van der Waals surface area (Å²) in [6.07, 6.45) is 4.57. The van der Waals surface area contributed by atoms with E-state index >= 15 is 0 Å². The zero-order chi connectivity index (χ0) is 12.3. The molecule has 88 valence electrons. The Kier molecular flexibility index (Phi) is 2.99. The van der Waals surface area contributed by atoms with E-state index in [-0.39, 0.29) is 6.54 Å². The van der Waals surface area contributed by atoms with Gasteiger partial charge in [-0.2, -0.15) is 0 Å². The summed E-state index contributed by atoms with van der Waals surface area (Å²) in [5, 5.41) is 2.85. The van der Waals surface area contributed by atoms with Gasteiger partial charge in [0.2, 0.25) is 0 Å². The fraction of sp³-hybridized carbons (Fsp3) is 0.200. The molecule has 17 heavy (non-hydrogen) atoms. The first-order valence-electron chi connectivity index (χ1n) is 4.97. The van der Waals surface area contributed by atoms with Crippen molar-refractivity contribution in [1.82, 2.24) is 19.5 Å². The predicted molar refractivity (Wildman–Crippen MR) is 62.0 cm³/mol. The van der Waals surface area contributed by atoms with Gasteiger partial charge in [0.1, 0.15) is 5.82 Å². The lowest BCUT2D eigenvalue weighted by Gasteiger charge is -2.04. The van der Waals surface area contributed by atoms with Crippen LogP contribution in [0.25, 0.3) is 0 Å². The molecule has 2 aromatic rings. The van der Waals surface area contributed by atoms with Gasteiger partial charge in [-0.3, -0.25) is 19.3 Å². The first kappa shape index (κ1) is 11.1. The zero-order valence-electron chi connectivity index (χ0n) is 9.17. The molecule has 0 spiro atoms. The highest BCUT2D eigenvalue weighted by Crippen LogP contribution is 2.00. The van der Waals surface area contributed by atoms with Crippen LogP contribution in [0.15, 0.2) is 34.2 Å². The standard InChI is InChI=1S/C10H11N5O2/c1-11-8-5-12-7(4-13-8)6-15-3-2-9(16)14-10(15)17/h2-5H,6H2,1H3,(H,11,13)(H,14,16,17). The highest BCUT2D eigenvalue weighted by molar-refractivity contribution is 5.29. The molecule has 7 nitrogen and oxygen atoms in total. The third kappa shape index (κ3) is 2.57. The molecule has 0 unspecified atom stereocenters. The molecule has 0 bridgehead atoms. The fourth-order valence-corrected chi connectivity index (χ4v) is 1.31. The lowest BCUT2D eigenvalue weighted by Crippen LogP contribution is -2.29. The van der Waals surface area contributed by atoms with Crippen molar-refractivity contribution in [2.75, 3.05) is 12.4 Å². The maximum Gasteiger partial charge on any atom is 0.328 e. The molecule has 0 atom stereocenters. The van der Waals surface area contributed by atoms with Crippen molar-refractivity contribution in [3.8, 4) is 0 Å². The minimum absolute atomic E-state index is 0.270. The quantitative estimate of drug-likeness (QED) is 0.739. The van der Waals surface area contributed by atoms with E-state index in [2.05, 4.69) is 20.3 Å². The highest BCUT2D eigenvalue weighted by Gasteiger charge is 2.00. The van der Waals surface area contributed by atoms with Crippen LogP contribution >= 0.6 is 0 Å². The van der Waals surface area contributed by atoms with Gasteiger partial charge in [-0.25, -0.2) is 9.78 Å². The van der Waals surface area contributed by atoms with Crippen molar-refractivity contribution in [1.29, 1.82) is 0 Å². The number of aromatic amines is 1. The van der Waals surface area contributed by atoms with E-state index in [0.717, 1.165) is 0 Å².